The fourth-order valence-electron chi connectivity index (χ4n) is 2.01. The average molecular weight is 262 g/mol. The lowest BCUT2D eigenvalue weighted by Crippen LogP contribution is -2.03. The van der Waals surface area contributed by atoms with Gasteiger partial charge in [0.05, 0.1) is 23.1 Å². The van der Waals surface area contributed by atoms with Crippen molar-refractivity contribution in [1.82, 2.24) is 14.5 Å². The summed E-state index contributed by atoms with van der Waals surface area (Å²) in [4.78, 5) is 8.71. The molecule has 0 atom stereocenters. The maximum Gasteiger partial charge on any atom is 0.214 e. The summed E-state index contributed by atoms with van der Waals surface area (Å²) in [7, 11) is 0. The van der Waals surface area contributed by atoms with Crippen LogP contribution in [0.25, 0.3) is 11.0 Å². The molecule has 0 saturated carbocycles. The Morgan fingerprint density at radius 2 is 2.17 bits per heavy atom. The minimum Gasteiger partial charge on any atom is -0.444 e. The molecule has 92 valence electrons. The SMILES string of the molecule is Cc1cnc(Cn2c(CCl)nc3ccccc32)o1. The van der Waals surface area contributed by atoms with Crippen molar-refractivity contribution in [3.05, 3.63) is 47.9 Å². The van der Waals surface area contributed by atoms with Crippen molar-refractivity contribution >= 4 is 22.6 Å². The monoisotopic (exact) mass is 261 g/mol. The van der Waals surface area contributed by atoms with E-state index >= 15 is 0 Å². The first kappa shape index (κ1) is 11.3. The Morgan fingerprint density at radius 1 is 1.33 bits per heavy atom. The minimum atomic E-state index is 0.369. The number of benzene rings is 1. The summed E-state index contributed by atoms with van der Waals surface area (Å²) in [6.45, 7) is 2.43. The first-order valence-electron chi connectivity index (χ1n) is 5.69. The van der Waals surface area contributed by atoms with Crippen molar-refractivity contribution in [3.63, 3.8) is 0 Å². The van der Waals surface area contributed by atoms with Crippen molar-refractivity contribution in [1.29, 1.82) is 0 Å². The number of oxazole rings is 1. The zero-order chi connectivity index (χ0) is 12.5. The first-order valence-corrected chi connectivity index (χ1v) is 6.23. The molecular formula is C13H12ClN3O. The largest absolute Gasteiger partial charge is 0.444 e. The summed E-state index contributed by atoms with van der Waals surface area (Å²) in [5.74, 6) is 2.67. The number of fused-ring (bicyclic) bond motifs is 1. The number of para-hydroxylation sites is 2. The molecule has 0 aliphatic rings. The van der Waals surface area contributed by atoms with Gasteiger partial charge < -0.3 is 8.98 Å². The molecule has 0 saturated heterocycles. The Morgan fingerprint density at radius 3 is 2.89 bits per heavy atom. The third-order valence-corrected chi connectivity index (χ3v) is 3.05. The van der Waals surface area contributed by atoms with E-state index in [4.69, 9.17) is 16.0 Å². The summed E-state index contributed by atoms with van der Waals surface area (Å²) < 4.78 is 7.54. The molecular weight excluding hydrogens is 250 g/mol. The fraction of sp³-hybridized carbons (Fsp3) is 0.231. The van der Waals surface area contributed by atoms with Crippen LogP contribution in [0, 0.1) is 6.92 Å². The van der Waals surface area contributed by atoms with Crippen LogP contribution in [0.2, 0.25) is 0 Å². The maximum atomic E-state index is 5.94. The van der Waals surface area contributed by atoms with Gasteiger partial charge >= 0.3 is 0 Å². The summed E-state index contributed by atoms with van der Waals surface area (Å²) in [5.41, 5.74) is 1.99. The van der Waals surface area contributed by atoms with Gasteiger partial charge in [-0.05, 0) is 19.1 Å². The van der Waals surface area contributed by atoms with Crippen LogP contribution in [0.5, 0.6) is 0 Å². The molecule has 1 aromatic carbocycles. The molecule has 0 fully saturated rings. The molecule has 5 heteroatoms. The number of halogens is 1. The molecule has 0 spiro atoms. The van der Waals surface area contributed by atoms with E-state index in [1.54, 1.807) is 6.20 Å². The highest BCUT2D eigenvalue weighted by Crippen LogP contribution is 2.19. The molecule has 0 aliphatic heterocycles. The summed E-state index contributed by atoms with van der Waals surface area (Å²) >= 11 is 5.94. The molecule has 4 nitrogen and oxygen atoms in total. The molecule has 3 rings (SSSR count). The molecule has 0 aliphatic carbocycles. The van der Waals surface area contributed by atoms with Crippen LogP contribution >= 0.6 is 11.6 Å². The van der Waals surface area contributed by atoms with E-state index in [9.17, 15) is 0 Å². The van der Waals surface area contributed by atoms with Gasteiger partial charge in [-0.25, -0.2) is 9.97 Å². The Kier molecular flexibility index (Phi) is 2.80. The predicted molar refractivity (Wildman–Crippen MR) is 69.6 cm³/mol. The molecule has 18 heavy (non-hydrogen) atoms. The predicted octanol–water partition coefficient (Wildman–Crippen LogP) is 3.12. The van der Waals surface area contributed by atoms with Crippen LogP contribution in [-0.2, 0) is 12.4 Å². The Labute approximate surface area is 109 Å². The number of hydrogen-bond donors (Lipinski definition) is 0. The molecule has 2 heterocycles. The normalized spacial score (nSPS) is 11.2. The van der Waals surface area contributed by atoms with E-state index in [1.165, 1.54) is 0 Å². The standard InChI is InChI=1S/C13H12ClN3O/c1-9-7-15-13(18-9)8-17-11-5-3-2-4-10(11)16-12(17)6-14/h2-5,7H,6,8H2,1H3. The Balaban J connectivity index is 2.09. The second-order valence-corrected chi connectivity index (χ2v) is 4.37. The highest BCUT2D eigenvalue weighted by atomic mass is 35.5. The lowest BCUT2D eigenvalue weighted by atomic mass is 10.3. The van der Waals surface area contributed by atoms with Crippen LogP contribution in [0.1, 0.15) is 17.5 Å². The number of rotatable bonds is 3. The van der Waals surface area contributed by atoms with Crippen molar-refractivity contribution in [2.45, 2.75) is 19.3 Å². The van der Waals surface area contributed by atoms with Crippen LogP contribution in [0.15, 0.2) is 34.9 Å². The summed E-state index contributed by atoms with van der Waals surface area (Å²) in [6, 6.07) is 7.95. The van der Waals surface area contributed by atoms with Crippen LogP contribution < -0.4 is 0 Å². The van der Waals surface area contributed by atoms with E-state index < -0.39 is 0 Å². The van der Waals surface area contributed by atoms with Gasteiger partial charge in [0, 0.05) is 0 Å². The molecule has 3 aromatic rings. The molecule has 2 aromatic heterocycles. The maximum absolute atomic E-state index is 5.94. The van der Waals surface area contributed by atoms with Gasteiger partial charge in [-0.1, -0.05) is 12.1 Å². The van der Waals surface area contributed by atoms with Crippen molar-refractivity contribution in [2.75, 3.05) is 0 Å². The smallest absolute Gasteiger partial charge is 0.214 e. The minimum absolute atomic E-state index is 0.369. The first-order chi connectivity index (χ1) is 8.78. The van der Waals surface area contributed by atoms with Crippen LogP contribution in [-0.4, -0.2) is 14.5 Å². The van der Waals surface area contributed by atoms with Crippen LogP contribution in [0.4, 0.5) is 0 Å². The fourth-order valence-corrected chi connectivity index (χ4v) is 2.22. The van der Waals surface area contributed by atoms with E-state index in [-0.39, 0.29) is 0 Å². The zero-order valence-corrected chi connectivity index (χ0v) is 10.7. The van der Waals surface area contributed by atoms with Crippen molar-refractivity contribution < 1.29 is 4.42 Å². The van der Waals surface area contributed by atoms with Gasteiger partial charge in [0.2, 0.25) is 5.89 Å². The van der Waals surface area contributed by atoms with Gasteiger partial charge in [-0.3, -0.25) is 0 Å². The number of aryl methyl sites for hydroxylation is 1. The number of alkyl halides is 1. The molecule has 0 unspecified atom stereocenters. The number of nitrogens with zero attached hydrogens (tertiary/aromatic N) is 3. The third-order valence-electron chi connectivity index (χ3n) is 2.82. The van der Waals surface area contributed by atoms with E-state index in [1.807, 2.05) is 35.8 Å². The molecule has 0 amide bonds. The van der Waals surface area contributed by atoms with E-state index in [0.717, 1.165) is 22.6 Å². The lowest BCUT2D eigenvalue weighted by Gasteiger charge is -2.04. The third kappa shape index (κ3) is 1.88. The quantitative estimate of drug-likeness (QED) is 0.681. The Hall–Kier alpha value is -1.81. The second kappa shape index (κ2) is 4.46. The van der Waals surface area contributed by atoms with Crippen molar-refractivity contribution in [3.8, 4) is 0 Å². The van der Waals surface area contributed by atoms with Gasteiger partial charge in [0.1, 0.15) is 18.1 Å². The Bertz CT molecular complexity index is 686. The molecule has 0 N–H and O–H groups in total. The zero-order valence-electron chi connectivity index (χ0n) is 9.93. The highest BCUT2D eigenvalue weighted by Gasteiger charge is 2.11. The number of hydrogen-bond acceptors (Lipinski definition) is 3. The summed E-state index contributed by atoms with van der Waals surface area (Å²) in [5, 5.41) is 0. The van der Waals surface area contributed by atoms with Crippen molar-refractivity contribution in [2.24, 2.45) is 0 Å². The van der Waals surface area contributed by atoms with Gasteiger partial charge in [-0.2, -0.15) is 0 Å². The van der Waals surface area contributed by atoms with Gasteiger partial charge in [0.25, 0.3) is 0 Å². The van der Waals surface area contributed by atoms with Gasteiger partial charge in [-0.15, -0.1) is 11.6 Å². The molecule has 0 radical (unpaired) electrons. The van der Waals surface area contributed by atoms with E-state index in [0.29, 0.717) is 18.3 Å². The topological polar surface area (TPSA) is 43.9 Å². The second-order valence-electron chi connectivity index (χ2n) is 4.10. The van der Waals surface area contributed by atoms with Crippen LogP contribution in [0.3, 0.4) is 0 Å². The lowest BCUT2D eigenvalue weighted by molar-refractivity contribution is 0.457. The number of imidazole rings is 1. The highest BCUT2D eigenvalue weighted by molar-refractivity contribution is 6.16. The van der Waals surface area contributed by atoms with Gasteiger partial charge in [0.15, 0.2) is 0 Å². The summed E-state index contributed by atoms with van der Waals surface area (Å²) in [6.07, 6.45) is 1.72. The van der Waals surface area contributed by atoms with E-state index in [2.05, 4.69) is 9.97 Å². The number of aromatic nitrogens is 3. The average Bonchev–Trinajstić information content (AvgIpc) is 2.94. The molecule has 0 bridgehead atoms.